The van der Waals surface area contributed by atoms with Crippen LogP contribution in [0.1, 0.15) is 30.0 Å². The summed E-state index contributed by atoms with van der Waals surface area (Å²) >= 11 is 6.30. The fraction of sp³-hybridized carbons (Fsp3) is 0.286. The summed E-state index contributed by atoms with van der Waals surface area (Å²) < 4.78 is 5.27. The van der Waals surface area contributed by atoms with E-state index in [-0.39, 0.29) is 0 Å². The summed E-state index contributed by atoms with van der Waals surface area (Å²) in [5.41, 5.74) is 3.47. The Morgan fingerprint density at radius 1 is 1.16 bits per heavy atom. The molecule has 0 aliphatic heterocycles. The normalized spacial score (nSPS) is 15.3. The molecule has 0 radical (unpaired) electrons. The van der Waals surface area contributed by atoms with E-state index in [4.69, 9.17) is 16.3 Å². The van der Waals surface area contributed by atoms with Gasteiger partial charge in [-0.1, -0.05) is 29.8 Å². The smallest absolute Gasteiger partial charge is 0.118 e. The van der Waals surface area contributed by atoms with Crippen molar-refractivity contribution in [2.45, 2.75) is 25.4 Å². The third-order valence-corrected chi connectivity index (χ3v) is 5.21. The quantitative estimate of drug-likeness (QED) is 0.667. The van der Waals surface area contributed by atoms with Crippen molar-refractivity contribution >= 4 is 22.5 Å². The van der Waals surface area contributed by atoms with E-state index in [1.54, 1.807) is 7.11 Å². The molecule has 4 rings (SSSR count). The molecule has 1 aliphatic rings. The van der Waals surface area contributed by atoms with Gasteiger partial charge in [0.25, 0.3) is 0 Å². The third-order valence-electron chi connectivity index (χ3n) is 4.88. The van der Waals surface area contributed by atoms with Gasteiger partial charge in [-0.05, 0) is 60.2 Å². The molecule has 3 nitrogen and oxygen atoms in total. The average Bonchev–Trinajstić information content (AvgIpc) is 3.49. The van der Waals surface area contributed by atoms with Crippen molar-refractivity contribution in [2.24, 2.45) is 5.92 Å². The summed E-state index contributed by atoms with van der Waals surface area (Å²) in [7, 11) is 1.70. The van der Waals surface area contributed by atoms with E-state index in [0.717, 1.165) is 28.2 Å². The number of hydrogen-bond donors (Lipinski definition) is 1. The maximum absolute atomic E-state index is 6.30. The van der Waals surface area contributed by atoms with Gasteiger partial charge in [-0.25, -0.2) is 0 Å². The van der Waals surface area contributed by atoms with Crippen LogP contribution in [0.25, 0.3) is 10.9 Å². The van der Waals surface area contributed by atoms with Gasteiger partial charge in [0.05, 0.1) is 12.6 Å². The van der Waals surface area contributed by atoms with E-state index in [0.29, 0.717) is 12.0 Å². The lowest BCUT2D eigenvalue weighted by molar-refractivity contribution is 0.413. The molecule has 0 spiro atoms. The second kappa shape index (κ2) is 7.03. The topological polar surface area (TPSA) is 34.1 Å². The first-order valence-electron chi connectivity index (χ1n) is 8.65. The summed E-state index contributed by atoms with van der Waals surface area (Å²) in [6, 6.07) is 16.7. The molecule has 1 atom stereocenters. The van der Waals surface area contributed by atoms with E-state index in [1.807, 2.05) is 36.5 Å². The highest BCUT2D eigenvalue weighted by molar-refractivity contribution is 6.35. The van der Waals surface area contributed by atoms with Gasteiger partial charge >= 0.3 is 0 Å². The molecule has 1 N–H and O–H groups in total. The highest BCUT2D eigenvalue weighted by Gasteiger charge is 2.32. The monoisotopic (exact) mass is 352 g/mol. The average molecular weight is 353 g/mol. The van der Waals surface area contributed by atoms with Crippen LogP contribution in [0, 0.1) is 5.92 Å². The molecule has 2 aromatic carbocycles. The van der Waals surface area contributed by atoms with Crippen molar-refractivity contribution in [1.82, 2.24) is 10.3 Å². The first-order chi connectivity index (χ1) is 12.3. The summed E-state index contributed by atoms with van der Waals surface area (Å²) in [4.78, 5) is 4.53. The molecule has 1 fully saturated rings. The van der Waals surface area contributed by atoms with Crippen LogP contribution >= 0.6 is 11.6 Å². The molecule has 1 aliphatic carbocycles. The molecule has 3 aromatic rings. The predicted molar refractivity (Wildman–Crippen MR) is 102 cm³/mol. The highest BCUT2D eigenvalue weighted by Crippen LogP contribution is 2.41. The molecule has 1 unspecified atom stereocenters. The van der Waals surface area contributed by atoms with Crippen molar-refractivity contribution in [1.29, 1.82) is 0 Å². The SMILES string of the molecule is COc1ccc(C(NCc2ccc(Cl)c3cccnc23)C2CC2)cc1. The zero-order chi connectivity index (χ0) is 17.2. The molecule has 4 heteroatoms. The standard InChI is InChI=1S/C21H21ClN2O/c1-25-17-9-6-15(7-10-17)20(14-4-5-14)24-13-16-8-11-19(22)18-3-2-12-23-21(16)18/h2-3,6-12,14,20,24H,4-5,13H2,1H3. The molecule has 0 saturated heterocycles. The molecular formula is C21H21ClN2O. The maximum Gasteiger partial charge on any atom is 0.118 e. The Morgan fingerprint density at radius 2 is 1.96 bits per heavy atom. The molecule has 1 saturated carbocycles. The summed E-state index contributed by atoms with van der Waals surface area (Å²) in [5, 5.41) is 5.50. The Bertz CT molecular complexity index is 875. The van der Waals surface area contributed by atoms with Crippen LogP contribution in [-0.4, -0.2) is 12.1 Å². The minimum absolute atomic E-state index is 0.361. The highest BCUT2D eigenvalue weighted by atomic mass is 35.5. The zero-order valence-corrected chi connectivity index (χ0v) is 15.0. The van der Waals surface area contributed by atoms with Crippen molar-refractivity contribution < 1.29 is 4.74 Å². The van der Waals surface area contributed by atoms with Crippen LogP contribution in [0.15, 0.2) is 54.7 Å². The van der Waals surface area contributed by atoms with Crippen molar-refractivity contribution in [3.8, 4) is 5.75 Å². The molecule has 1 aromatic heterocycles. The Hall–Kier alpha value is -2.10. The maximum atomic E-state index is 6.30. The van der Waals surface area contributed by atoms with E-state index < -0.39 is 0 Å². The summed E-state index contributed by atoms with van der Waals surface area (Å²) in [5.74, 6) is 1.60. The predicted octanol–water partition coefficient (Wildman–Crippen LogP) is 5.14. The van der Waals surface area contributed by atoms with Crippen LogP contribution in [-0.2, 0) is 6.54 Å². The van der Waals surface area contributed by atoms with Gasteiger partial charge < -0.3 is 10.1 Å². The number of ether oxygens (including phenoxy) is 1. The minimum Gasteiger partial charge on any atom is -0.497 e. The number of nitrogens with one attached hydrogen (secondary N) is 1. The second-order valence-electron chi connectivity index (χ2n) is 6.58. The molecule has 0 bridgehead atoms. The van der Waals surface area contributed by atoms with Crippen LogP contribution in [0.3, 0.4) is 0 Å². The lowest BCUT2D eigenvalue weighted by atomic mass is 10.0. The molecule has 25 heavy (non-hydrogen) atoms. The molecular weight excluding hydrogens is 332 g/mol. The van der Waals surface area contributed by atoms with Crippen LogP contribution in [0.5, 0.6) is 5.75 Å². The second-order valence-corrected chi connectivity index (χ2v) is 6.98. The van der Waals surface area contributed by atoms with Crippen molar-refractivity contribution in [3.05, 3.63) is 70.9 Å². The van der Waals surface area contributed by atoms with Gasteiger partial charge in [-0.15, -0.1) is 0 Å². The van der Waals surface area contributed by atoms with Crippen molar-refractivity contribution in [3.63, 3.8) is 0 Å². The fourth-order valence-corrected chi connectivity index (χ4v) is 3.57. The summed E-state index contributed by atoms with van der Waals surface area (Å²) in [6.45, 7) is 0.776. The molecule has 128 valence electrons. The number of aromatic nitrogens is 1. The Morgan fingerprint density at radius 3 is 2.68 bits per heavy atom. The van der Waals surface area contributed by atoms with Crippen LogP contribution in [0.2, 0.25) is 5.02 Å². The van der Waals surface area contributed by atoms with E-state index >= 15 is 0 Å². The van der Waals surface area contributed by atoms with Crippen LogP contribution < -0.4 is 10.1 Å². The van der Waals surface area contributed by atoms with Gasteiger partial charge in [0.2, 0.25) is 0 Å². The minimum atomic E-state index is 0.361. The molecule has 1 heterocycles. The largest absolute Gasteiger partial charge is 0.497 e. The van der Waals surface area contributed by atoms with Crippen molar-refractivity contribution in [2.75, 3.05) is 7.11 Å². The number of nitrogens with zero attached hydrogens (tertiary/aromatic N) is 1. The number of fused-ring (bicyclic) bond motifs is 1. The number of pyridine rings is 1. The first-order valence-corrected chi connectivity index (χ1v) is 9.03. The lowest BCUT2D eigenvalue weighted by Gasteiger charge is -2.20. The fourth-order valence-electron chi connectivity index (χ4n) is 3.36. The number of rotatable bonds is 6. The van der Waals surface area contributed by atoms with Gasteiger partial charge in [0.15, 0.2) is 0 Å². The molecule has 0 amide bonds. The third kappa shape index (κ3) is 3.48. The number of hydrogen-bond acceptors (Lipinski definition) is 3. The summed E-state index contributed by atoms with van der Waals surface area (Å²) in [6.07, 6.45) is 4.39. The Kier molecular flexibility index (Phi) is 4.60. The van der Waals surface area contributed by atoms with Gasteiger partial charge in [0, 0.05) is 29.2 Å². The Balaban J connectivity index is 1.57. The number of halogens is 1. The number of methoxy groups -OCH3 is 1. The van der Waals surface area contributed by atoms with Gasteiger partial charge in [0.1, 0.15) is 5.75 Å². The van der Waals surface area contributed by atoms with Crippen LogP contribution in [0.4, 0.5) is 0 Å². The van der Waals surface area contributed by atoms with Gasteiger partial charge in [-0.2, -0.15) is 0 Å². The Labute approximate surface area is 153 Å². The van der Waals surface area contributed by atoms with E-state index in [1.165, 1.54) is 24.0 Å². The zero-order valence-electron chi connectivity index (χ0n) is 14.2. The van der Waals surface area contributed by atoms with Gasteiger partial charge in [-0.3, -0.25) is 4.98 Å². The van der Waals surface area contributed by atoms with E-state index in [9.17, 15) is 0 Å². The first kappa shape index (κ1) is 16.4. The van der Waals surface area contributed by atoms with E-state index in [2.05, 4.69) is 28.5 Å². The number of benzene rings is 2. The lowest BCUT2D eigenvalue weighted by Crippen LogP contribution is -2.22.